The zero-order chi connectivity index (χ0) is 13.2. The number of nitrogens with one attached hydrogen (secondary N) is 1. The summed E-state index contributed by atoms with van der Waals surface area (Å²) in [6.07, 6.45) is -1.14. The molecule has 1 rings (SSSR count). The first-order valence-electron chi connectivity index (χ1n) is 3.78. The van der Waals surface area contributed by atoms with E-state index >= 15 is 0 Å². The summed E-state index contributed by atoms with van der Waals surface area (Å²) >= 11 is 6.09. The lowest BCUT2D eigenvalue weighted by atomic mass is 10.3. The molecule has 0 heterocycles. The minimum absolute atomic E-state index is 0.296. The van der Waals surface area contributed by atoms with Crippen LogP contribution in [0.4, 0.5) is 4.79 Å². The first-order valence-corrected chi connectivity index (χ1v) is 9.32. The summed E-state index contributed by atoms with van der Waals surface area (Å²) in [7, 11) is 0.718. The molecule has 0 aliphatic heterocycles. The Bertz CT molecular complexity index is 539. The van der Waals surface area contributed by atoms with E-state index in [2.05, 4.69) is 22.6 Å². The number of carbonyl (C=O) groups excluding carboxylic acids is 1. The molecule has 0 bridgehead atoms. The Morgan fingerprint density at radius 1 is 1.24 bits per heavy atom. The highest BCUT2D eigenvalue weighted by Gasteiger charge is 2.16. The minimum Gasteiger partial charge on any atom is -0.407 e. The Morgan fingerprint density at radius 3 is 2.12 bits per heavy atom. The van der Waals surface area contributed by atoms with Gasteiger partial charge in [0.15, 0.2) is 5.75 Å². The van der Waals surface area contributed by atoms with E-state index in [9.17, 15) is 13.2 Å². The van der Waals surface area contributed by atoms with Crippen molar-refractivity contribution in [1.29, 1.82) is 0 Å². The van der Waals surface area contributed by atoms with Crippen molar-refractivity contribution >= 4 is 93.8 Å². The van der Waals surface area contributed by atoms with Crippen LogP contribution in [0.2, 0.25) is 0 Å². The number of hydrogen-bond donors (Lipinski definition) is 1. The lowest BCUT2D eigenvalue weighted by Gasteiger charge is -2.08. The number of hydrogen-bond acceptors (Lipinski definition) is 4. The maximum absolute atomic E-state index is 11.2. The molecule has 0 aliphatic rings. The average molecular weight is 613 g/mol. The van der Waals surface area contributed by atoms with Crippen LogP contribution in [0, 0.1) is 10.7 Å². The van der Waals surface area contributed by atoms with Gasteiger partial charge >= 0.3 is 15.3 Å². The average Bonchev–Trinajstić information content (AvgIpc) is 2.08. The summed E-state index contributed by atoms with van der Waals surface area (Å²) in [6.45, 7) is 0. The molecule has 94 valence electrons. The highest BCUT2D eigenvalue weighted by atomic mass is 127. The Kier molecular flexibility index (Phi) is 6.00. The molecule has 0 unspecified atom stereocenters. The molecule has 0 spiro atoms. The van der Waals surface area contributed by atoms with Gasteiger partial charge < -0.3 is 4.74 Å². The van der Waals surface area contributed by atoms with Gasteiger partial charge in [-0.05, 0) is 79.9 Å². The molecular formula is C7H3ClI3NO4S. The third-order valence-corrected chi connectivity index (χ3v) is 4.23. The fourth-order valence-electron chi connectivity index (χ4n) is 0.840. The molecule has 0 saturated carbocycles. The Hall–Kier alpha value is 0.920. The van der Waals surface area contributed by atoms with E-state index in [-0.39, 0.29) is 0 Å². The first-order chi connectivity index (χ1) is 7.69. The number of carbonyl (C=O) groups is 1. The van der Waals surface area contributed by atoms with Gasteiger partial charge in [-0.3, -0.25) is 0 Å². The molecule has 10 heteroatoms. The Morgan fingerprint density at radius 2 is 1.71 bits per heavy atom. The highest BCUT2D eigenvalue weighted by Crippen LogP contribution is 2.29. The molecule has 0 fully saturated rings. The van der Waals surface area contributed by atoms with Crippen molar-refractivity contribution in [3.05, 3.63) is 22.8 Å². The van der Waals surface area contributed by atoms with E-state index in [4.69, 9.17) is 15.4 Å². The molecule has 0 atom stereocenters. The smallest absolute Gasteiger partial charge is 0.407 e. The molecule has 1 N–H and O–H groups in total. The summed E-state index contributed by atoms with van der Waals surface area (Å²) in [4.78, 5) is 11.2. The van der Waals surface area contributed by atoms with Crippen molar-refractivity contribution in [3.8, 4) is 5.75 Å². The van der Waals surface area contributed by atoms with E-state index in [0.717, 1.165) is 3.57 Å². The standard InChI is InChI=1S/C7H3ClI3NO4S/c8-17(14,15)12-7(13)16-6-4(10)1-3(9)2-5(6)11/h1-2H,(H,12,13). The summed E-state index contributed by atoms with van der Waals surface area (Å²) in [5.74, 6) is 0.296. The summed E-state index contributed by atoms with van der Waals surface area (Å²) < 4.78 is 30.0. The van der Waals surface area contributed by atoms with Crippen molar-refractivity contribution in [2.24, 2.45) is 0 Å². The minimum atomic E-state index is -4.14. The van der Waals surface area contributed by atoms with Gasteiger partial charge in [-0.2, -0.15) is 8.42 Å². The fourth-order valence-corrected chi connectivity index (χ4v) is 5.07. The number of rotatable bonds is 2. The van der Waals surface area contributed by atoms with E-state index in [1.165, 1.54) is 4.72 Å². The van der Waals surface area contributed by atoms with Crippen molar-refractivity contribution < 1.29 is 17.9 Å². The van der Waals surface area contributed by atoms with Gasteiger partial charge in [0.1, 0.15) is 0 Å². The molecule has 0 radical (unpaired) electrons. The second-order valence-corrected chi connectivity index (χ2v) is 8.50. The molecule has 5 nitrogen and oxygen atoms in total. The molecule has 0 aromatic heterocycles. The van der Waals surface area contributed by atoms with Gasteiger partial charge in [-0.15, -0.1) is 0 Å². The maximum atomic E-state index is 11.2. The van der Waals surface area contributed by atoms with Gasteiger partial charge in [0.25, 0.3) is 0 Å². The van der Waals surface area contributed by atoms with Crippen LogP contribution in [-0.2, 0) is 9.24 Å². The predicted molar refractivity (Wildman–Crippen MR) is 88.5 cm³/mol. The number of ether oxygens (including phenoxy) is 1. The second kappa shape index (κ2) is 6.38. The maximum Gasteiger partial charge on any atom is 0.427 e. The molecule has 0 saturated heterocycles. The third-order valence-electron chi connectivity index (χ3n) is 1.36. The topological polar surface area (TPSA) is 72.5 Å². The molecule has 17 heavy (non-hydrogen) atoms. The van der Waals surface area contributed by atoms with Gasteiger partial charge in [0.2, 0.25) is 0 Å². The summed E-state index contributed by atoms with van der Waals surface area (Å²) in [6, 6.07) is 3.59. The van der Waals surface area contributed by atoms with E-state index < -0.39 is 15.3 Å². The number of halogens is 4. The normalized spacial score (nSPS) is 11.1. The summed E-state index contributed by atoms with van der Waals surface area (Å²) in [5.41, 5.74) is 0. The van der Waals surface area contributed by atoms with Crippen molar-refractivity contribution in [1.82, 2.24) is 4.72 Å². The highest BCUT2D eigenvalue weighted by molar-refractivity contribution is 14.1. The predicted octanol–water partition coefficient (Wildman–Crippen LogP) is 3.07. The van der Waals surface area contributed by atoms with Crippen LogP contribution in [0.3, 0.4) is 0 Å². The van der Waals surface area contributed by atoms with E-state index in [0.29, 0.717) is 12.9 Å². The Balaban J connectivity index is 2.93. The number of benzene rings is 1. The van der Waals surface area contributed by atoms with Crippen molar-refractivity contribution in [2.45, 2.75) is 0 Å². The lowest BCUT2D eigenvalue weighted by molar-refractivity contribution is 0.206. The van der Waals surface area contributed by atoms with Crippen LogP contribution >= 0.6 is 78.5 Å². The first kappa shape index (κ1) is 16.0. The lowest BCUT2D eigenvalue weighted by Crippen LogP contribution is -2.30. The van der Waals surface area contributed by atoms with E-state index in [1.807, 2.05) is 45.2 Å². The van der Waals surface area contributed by atoms with Gasteiger partial charge in [0.05, 0.1) is 7.14 Å². The molecular weight excluding hydrogens is 610 g/mol. The quantitative estimate of drug-likeness (QED) is 0.412. The molecule has 1 aromatic rings. The van der Waals surface area contributed by atoms with Crippen LogP contribution in [0.1, 0.15) is 0 Å². The molecule has 0 aliphatic carbocycles. The summed E-state index contributed by atoms with van der Waals surface area (Å²) in [5, 5.41) is 0. The second-order valence-electron chi connectivity index (χ2n) is 2.63. The number of amides is 1. The van der Waals surface area contributed by atoms with Gasteiger partial charge in [0, 0.05) is 14.3 Å². The van der Waals surface area contributed by atoms with Crippen LogP contribution in [0.5, 0.6) is 5.75 Å². The van der Waals surface area contributed by atoms with Crippen LogP contribution in [-0.4, -0.2) is 14.5 Å². The van der Waals surface area contributed by atoms with Crippen LogP contribution in [0.15, 0.2) is 12.1 Å². The van der Waals surface area contributed by atoms with Crippen LogP contribution < -0.4 is 9.46 Å². The van der Waals surface area contributed by atoms with Gasteiger partial charge in [-0.1, -0.05) is 0 Å². The largest absolute Gasteiger partial charge is 0.427 e. The zero-order valence-electron chi connectivity index (χ0n) is 7.71. The van der Waals surface area contributed by atoms with Gasteiger partial charge in [-0.25, -0.2) is 9.52 Å². The SMILES string of the molecule is O=C(NS(=O)(=O)Cl)Oc1c(I)cc(I)cc1I. The molecule has 1 amide bonds. The van der Waals surface area contributed by atoms with Crippen molar-refractivity contribution in [2.75, 3.05) is 0 Å². The fraction of sp³-hybridized carbons (Fsp3) is 0. The van der Waals surface area contributed by atoms with Crippen LogP contribution in [0.25, 0.3) is 0 Å². The molecule has 1 aromatic carbocycles. The van der Waals surface area contributed by atoms with Crippen molar-refractivity contribution in [3.63, 3.8) is 0 Å². The zero-order valence-corrected chi connectivity index (χ0v) is 15.8. The van der Waals surface area contributed by atoms with E-state index in [1.54, 1.807) is 12.1 Å². The monoisotopic (exact) mass is 613 g/mol. The Labute approximate surface area is 143 Å². The third kappa shape index (κ3) is 5.61.